The van der Waals surface area contributed by atoms with Gasteiger partial charge in [0.05, 0.1) is 0 Å². The fourth-order valence-corrected chi connectivity index (χ4v) is 0.858. The highest BCUT2D eigenvalue weighted by molar-refractivity contribution is 7.98. The third-order valence-corrected chi connectivity index (χ3v) is 1.59. The summed E-state index contributed by atoms with van der Waals surface area (Å²) in [5.41, 5.74) is 5.19. The minimum atomic E-state index is -0.913. The summed E-state index contributed by atoms with van der Waals surface area (Å²) in [6, 6.07) is -0.683. The normalized spacial score (nSPS) is 13.1. The molecule has 3 nitrogen and oxygen atoms in total. The quantitative estimate of drug-likeness (QED) is 0.595. The lowest BCUT2D eigenvalue weighted by Gasteiger charge is -2.02. The van der Waals surface area contributed by atoms with Gasteiger partial charge in [0.2, 0.25) is 0 Å². The van der Waals surface area contributed by atoms with Gasteiger partial charge in [-0.15, -0.1) is 0 Å². The molecule has 0 bridgehead atoms. The Hall–Kier alpha value is -0.220. The van der Waals surface area contributed by atoms with Gasteiger partial charge in [0.25, 0.3) is 0 Å². The molecule has 0 heterocycles. The minimum absolute atomic E-state index is 0.552. The number of hydrogen-bond acceptors (Lipinski definition) is 3. The van der Waals surface area contributed by atoms with E-state index in [4.69, 9.17) is 10.8 Å². The van der Waals surface area contributed by atoms with E-state index in [1.165, 1.54) is 0 Å². The molecule has 9 heavy (non-hydrogen) atoms. The van der Waals surface area contributed by atoms with Crippen LogP contribution < -0.4 is 5.73 Å². The van der Waals surface area contributed by atoms with Crippen LogP contribution in [0.3, 0.4) is 0 Å². The molecule has 0 saturated carbocycles. The maximum Gasteiger partial charge on any atom is 0.320 e. The molecule has 0 aromatic rings. The highest BCUT2D eigenvalue weighted by Crippen LogP contribution is 1.97. The smallest absolute Gasteiger partial charge is 0.320 e. The van der Waals surface area contributed by atoms with Crippen LogP contribution >= 0.6 is 11.8 Å². The van der Waals surface area contributed by atoms with Gasteiger partial charge < -0.3 is 10.8 Å². The van der Waals surface area contributed by atoms with E-state index in [2.05, 4.69) is 0 Å². The van der Waals surface area contributed by atoms with Crippen LogP contribution in [0.1, 0.15) is 6.42 Å². The van der Waals surface area contributed by atoms with E-state index in [1.807, 2.05) is 6.26 Å². The number of rotatable bonds is 4. The molecule has 0 aromatic carbocycles. The molecule has 0 unspecified atom stereocenters. The monoisotopic (exact) mass is 148 g/mol. The Morgan fingerprint density at radius 2 is 2.44 bits per heavy atom. The lowest BCUT2D eigenvalue weighted by Crippen LogP contribution is -2.30. The second-order valence-corrected chi connectivity index (χ2v) is 2.71. The zero-order chi connectivity index (χ0) is 7.28. The Bertz CT molecular complexity index is 97.0. The lowest BCUT2D eigenvalue weighted by atomic mass is 9.93. The number of hydrogen-bond donors (Lipinski definition) is 2. The van der Waals surface area contributed by atoms with E-state index >= 15 is 0 Å². The maximum absolute atomic E-state index is 10.1. The summed E-state index contributed by atoms with van der Waals surface area (Å²) in [5, 5.41) is 8.27. The molecule has 0 spiro atoms. The second-order valence-electron chi connectivity index (χ2n) is 1.73. The fourth-order valence-electron chi connectivity index (χ4n) is 0.368. The molecule has 1 atom stereocenters. The zero-order valence-corrected chi connectivity index (χ0v) is 6.15. The van der Waals surface area contributed by atoms with Crippen molar-refractivity contribution in [2.75, 3.05) is 12.0 Å². The van der Waals surface area contributed by atoms with Gasteiger partial charge >= 0.3 is 5.97 Å². The van der Waals surface area contributed by atoms with Crippen molar-refractivity contribution in [3.63, 3.8) is 0 Å². The van der Waals surface area contributed by atoms with Crippen LogP contribution in [0.2, 0.25) is 0 Å². The predicted octanol–water partition coefficient (Wildman–Crippen LogP) is 0.151. The van der Waals surface area contributed by atoms with Gasteiger partial charge in [-0.05, 0) is 18.4 Å². The Balaban J connectivity index is 3.27. The average Bonchev–Trinajstić information content (AvgIpc) is 1.82. The molecule has 0 saturated heterocycles. The summed E-state index contributed by atoms with van der Waals surface area (Å²) >= 11 is 1.60. The largest absolute Gasteiger partial charge is 0.480 e. The Morgan fingerprint density at radius 1 is 1.89 bits per heavy atom. The van der Waals surface area contributed by atoms with Crippen LogP contribution in [-0.4, -0.2) is 29.1 Å². The van der Waals surface area contributed by atoms with Crippen molar-refractivity contribution in [1.29, 1.82) is 0 Å². The average molecular weight is 148 g/mol. The number of aliphatic carboxylic acids is 1. The van der Waals surface area contributed by atoms with Crippen molar-refractivity contribution in [2.45, 2.75) is 12.5 Å². The maximum atomic E-state index is 10.1. The van der Waals surface area contributed by atoms with Gasteiger partial charge in [0.1, 0.15) is 6.04 Å². The third kappa shape index (κ3) is 4.29. The molecule has 4 heteroatoms. The molecule has 0 aliphatic heterocycles. The number of carboxylic acids is 1. The van der Waals surface area contributed by atoms with Crippen LogP contribution in [0.25, 0.3) is 0 Å². The summed E-state index contributed by atoms with van der Waals surface area (Å²) in [6.45, 7) is 0. The van der Waals surface area contributed by atoms with E-state index in [9.17, 15) is 4.79 Å². The Labute approximate surface area is 58.6 Å². The molecule has 0 amide bonds. The predicted molar refractivity (Wildman–Crippen MR) is 38.6 cm³/mol. The summed E-state index contributed by atoms with van der Waals surface area (Å²) in [5.74, 6) is -0.1000. The first-order chi connectivity index (χ1) is 4.18. The van der Waals surface area contributed by atoms with E-state index in [0.29, 0.717) is 6.42 Å². The van der Waals surface area contributed by atoms with Crippen LogP contribution in [0, 0.1) is 0 Å². The highest BCUT2D eigenvalue weighted by Gasteiger charge is 2.08. The van der Waals surface area contributed by atoms with E-state index in [-0.39, 0.29) is 0 Å². The molecule has 0 aromatic heterocycles. The number of carbonyl (C=O) groups is 1. The van der Waals surface area contributed by atoms with Crippen LogP contribution in [-0.2, 0) is 4.79 Å². The highest BCUT2D eigenvalue weighted by atomic mass is 32.2. The standard InChI is InChI=1S/C5H11NO2S/c1-9-3-2-4(6)5(7)8/h4H,2-3,6H2,1H3,(H,7,8)/t4-/m1/s1/i5-1. The van der Waals surface area contributed by atoms with Gasteiger partial charge in [0.15, 0.2) is 0 Å². The van der Waals surface area contributed by atoms with Crippen LogP contribution in [0.5, 0.6) is 0 Å². The van der Waals surface area contributed by atoms with Crippen molar-refractivity contribution in [3.05, 3.63) is 0 Å². The van der Waals surface area contributed by atoms with Gasteiger partial charge in [-0.3, -0.25) is 4.79 Å². The van der Waals surface area contributed by atoms with E-state index in [0.717, 1.165) is 5.75 Å². The molecule has 0 aliphatic rings. The topological polar surface area (TPSA) is 63.3 Å². The lowest BCUT2D eigenvalue weighted by molar-refractivity contribution is -0.138. The Kier molecular flexibility index (Phi) is 4.53. The minimum Gasteiger partial charge on any atom is -0.480 e. The first-order valence-corrected chi connectivity index (χ1v) is 4.05. The molecule has 0 rings (SSSR count). The van der Waals surface area contributed by atoms with Gasteiger partial charge in [-0.25, -0.2) is 0 Å². The van der Waals surface area contributed by atoms with Crippen molar-refractivity contribution >= 4 is 17.7 Å². The number of carboxylic acid groups (broad SMARTS) is 1. The molecule has 3 N–H and O–H groups in total. The summed E-state index contributed by atoms with van der Waals surface area (Å²) < 4.78 is 0. The molecular formula is C5H11NO2S. The number of thioether (sulfide) groups is 1. The molecule has 54 valence electrons. The fraction of sp³-hybridized carbons (Fsp3) is 0.800. The summed E-state index contributed by atoms with van der Waals surface area (Å²) in [7, 11) is 0. The van der Waals surface area contributed by atoms with E-state index < -0.39 is 12.0 Å². The first kappa shape index (κ1) is 8.78. The SMILES string of the molecule is CSCC[C@@H](N)[11C](=O)O. The Morgan fingerprint density at radius 3 is 2.78 bits per heavy atom. The molecule has 0 aliphatic carbocycles. The molecule has 0 fully saturated rings. The molecule has 0 radical (unpaired) electrons. The van der Waals surface area contributed by atoms with Crippen molar-refractivity contribution in [3.8, 4) is 0 Å². The van der Waals surface area contributed by atoms with Crippen molar-refractivity contribution < 1.29 is 9.90 Å². The first-order valence-electron chi connectivity index (χ1n) is 2.65. The van der Waals surface area contributed by atoms with Crippen molar-refractivity contribution in [2.24, 2.45) is 5.73 Å². The van der Waals surface area contributed by atoms with Crippen LogP contribution in [0.15, 0.2) is 0 Å². The van der Waals surface area contributed by atoms with Gasteiger partial charge in [0, 0.05) is 0 Å². The van der Waals surface area contributed by atoms with E-state index in [1.54, 1.807) is 11.8 Å². The summed E-state index contributed by atoms with van der Waals surface area (Å²) in [4.78, 5) is 10.1. The number of nitrogens with two attached hydrogens (primary N) is 1. The van der Waals surface area contributed by atoms with Gasteiger partial charge in [-0.1, -0.05) is 0 Å². The van der Waals surface area contributed by atoms with Crippen molar-refractivity contribution in [1.82, 2.24) is 0 Å². The van der Waals surface area contributed by atoms with Crippen LogP contribution in [0.4, 0.5) is 0 Å². The zero-order valence-electron chi connectivity index (χ0n) is 5.33. The third-order valence-electron chi connectivity index (χ3n) is 0.950. The molecular weight excluding hydrogens is 137 g/mol. The van der Waals surface area contributed by atoms with Gasteiger partial charge in [-0.2, -0.15) is 11.8 Å². The summed E-state index contributed by atoms with van der Waals surface area (Å²) in [6.07, 6.45) is 2.48. The second kappa shape index (κ2) is 4.64.